The molecule has 0 aromatic heterocycles. The van der Waals surface area contributed by atoms with Gasteiger partial charge in [-0.15, -0.1) is 0 Å². The first kappa shape index (κ1) is 31.5. The number of carboxylic acid groups (broad SMARTS) is 1. The molecule has 7 nitrogen and oxygen atoms in total. The van der Waals surface area contributed by atoms with Crippen LogP contribution in [0.2, 0.25) is 0 Å². The zero-order chi connectivity index (χ0) is 29.7. The minimum atomic E-state index is -0.250. The topological polar surface area (TPSA) is 91.3 Å². The summed E-state index contributed by atoms with van der Waals surface area (Å²) in [5.41, 5.74) is 6.64. The molecular weight excluding hydrogens is 528 g/mol. The number of carbonyl (C=O) groups is 1. The lowest BCUT2D eigenvalue weighted by atomic mass is 9.69. The van der Waals surface area contributed by atoms with Gasteiger partial charge in [0.25, 0.3) is 6.47 Å². The number of fused-ring (bicyclic) bond motifs is 1. The van der Waals surface area contributed by atoms with Gasteiger partial charge in [0, 0.05) is 44.8 Å². The fourth-order valence-corrected chi connectivity index (χ4v) is 6.71. The van der Waals surface area contributed by atoms with Gasteiger partial charge in [-0.1, -0.05) is 48.5 Å². The molecule has 0 bridgehead atoms. The quantitative estimate of drug-likeness (QED) is 0.240. The largest absolute Gasteiger partial charge is 0.508 e. The number of aromatic hydroxyl groups is 1. The van der Waals surface area contributed by atoms with Crippen molar-refractivity contribution in [1.82, 2.24) is 5.32 Å². The maximum atomic E-state index is 10.1. The van der Waals surface area contributed by atoms with E-state index in [0.29, 0.717) is 17.6 Å². The molecule has 7 heteroatoms. The Morgan fingerprint density at radius 1 is 0.881 bits per heavy atom. The predicted molar refractivity (Wildman–Crippen MR) is 167 cm³/mol. The molecule has 0 amide bonds. The lowest BCUT2D eigenvalue weighted by Crippen LogP contribution is -2.39. The number of hydrogen-bond donors (Lipinski definition) is 3. The summed E-state index contributed by atoms with van der Waals surface area (Å²) in [4.78, 5) is 10.8. The molecule has 0 saturated carbocycles. The smallest absolute Gasteiger partial charge is 0.290 e. The van der Waals surface area contributed by atoms with E-state index in [9.17, 15) is 5.11 Å². The van der Waals surface area contributed by atoms with E-state index in [0.717, 1.165) is 38.8 Å². The number of piperidine rings is 1. The van der Waals surface area contributed by atoms with Crippen LogP contribution >= 0.6 is 0 Å². The van der Waals surface area contributed by atoms with Gasteiger partial charge in [0.1, 0.15) is 5.75 Å². The minimum Gasteiger partial charge on any atom is -0.508 e. The van der Waals surface area contributed by atoms with E-state index >= 15 is 0 Å². The Hall–Kier alpha value is -3.39. The molecule has 1 aliphatic carbocycles. The summed E-state index contributed by atoms with van der Waals surface area (Å²) >= 11 is 0. The third-order valence-corrected chi connectivity index (χ3v) is 8.78. The minimum absolute atomic E-state index is 0.106. The highest BCUT2D eigenvalue weighted by molar-refractivity contribution is 5.52. The molecule has 2 atom stereocenters. The Morgan fingerprint density at radius 2 is 1.52 bits per heavy atom. The van der Waals surface area contributed by atoms with Crippen LogP contribution in [-0.4, -0.2) is 63.4 Å². The molecule has 2 aliphatic heterocycles. The summed E-state index contributed by atoms with van der Waals surface area (Å²) < 4.78 is 11.0. The predicted octanol–water partition coefficient (Wildman–Crippen LogP) is 6.16. The van der Waals surface area contributed by atoms with Gasteiger partial charge in [0.15, 0.2) is 6.29 Å². The van der Waals surface area contributed by atoms with E-state index in [1.165, 1.54) is 53.9 Å². The Labute approximate surface area is 250 Å². The van der Waals surface area contributed by atoms with E-state index in [-0.39, 0.29) is 18.7 Å². The third kappa shape index (κ3) is 8.12. The highest BCUT2D eigenvalue weighted by atomic mass is 16.7. The van der Waals surface area contributed by atoms with Crippen LogP contribution < -0.4 is 10.2 Å². The summed E-state index contributed by atoms with van der Waals surface area (Å²) in [5, 5.41) is 20.2. The number of aryl methyl sites for hydroxylation is 1. The first-order valence-electron chi connectivity index (χ1n) is 15.1. The lowest BCUT2D eigenvalue weighted by molar-refractivity contribution is -0.141. The molecule has 2 heterocycles. The molecule has 0 radical (unpaired) electrons. The van der Waals surface area contributed by atoms with Crippen molar-refractivity contribution in [3.8, 4) is 5.75 Å². The van der Waals surface area contributed by atoms with E-state index in [1.807, 2.05) is 12.1 Å². The van der Waals surface area contributed by atoms with Crippen molar-refractivity contribution in [3.05, 3.63) is 95.1 Å². The highest BCUT2D eigenvalue weighted by Crippen LogP contribution is 2.47. The number of nitrogens with one attached hydrogen (secondary N) is 1. The fraction of sp³-hybridized carbons (Fsp3) is 0.457. The highest BCUT2D eigenvalue weighted by Gasteiger charge is 2.32. The Balaban J connectivity index is 0.000000444. The number of phenolic OH excluding ortho intramolecular Hbond substituents is 1. The zero-order valence-corrected chi connectivity index (χ0v) is 25.0. The monoisotopic (exact) mass is 574 g/mol. The summed E-state index contributed by atoms with van der Waals surface area (Å²) in [6.45, 7) is 4.29. The number of methoxy groups -OCH3 is 2. The molecule has 3 N–H and O–H groups in total. The second-order valence-electron chi connectivity index (χ2n) is 11.2. The van der Waals surface area contributed by atoms with Crippen LogP contribution in [0.4, 0.5) is 5.69 Å². The standard InChI is InChI=1S/C30H35NO3.C4H9N.CH2O2/c1-33-30(34-2)23-16-18-31(19-17-23)25-11-8-22(9-12-25)29-27(21-6-4-3-5-7-21)14-10-24-20-26(32)13-15-28(24)29;1-2-4-5-3-1;2-1-3/h3-9,11-13,15,20,23,27,29-30,32H,10,14,16-19H2,1-2H3;5H,1-4H2;1H,(H,2,3). The van der Waals surface area contributed by atoms with Crippen LogP contribution in [0.3, 0.4) is 0 Å². The molecule has 3 aromatic rings. The molecule has 0 spiro atoms. The van der Waals surface area contributed by atoms with Crippen molar-refractivity contribution in [2.24, 2.45) is 5.92 Å². The fourth-order valence-electron chi connectivity index (χ4n) is 6.71. The van der Waals surface area contributed by atoms with Crippen LogP contribution in [0.25, 0.3) is 0 Å². The van der Waals surface area contributed by atoms with Crippen molar-refractivity contribution in [3.63, 3.8) is 0 Å². The maximum Gasteiger partial charge on any atom is 0.290 e. The number of phenols is 1. The van der Waals surface area contributed by atoms with E-state index in [1.54, 1.807) is 14.2 Å². The van der Waals surface area contributed by atoms with E-state index in [2.05, 4.69) is 70.9 Å². The normalized spacial score (nSPS) is 20.1. The number of nitrogens with zero attached hydrogens (tertiary/aromatic N) is 1. The average Bonchev–Trinajstić information content (AvgIpc) is 3.63. The number of hydrogen-bond acceptors (Lipinski definition) is 6. The van der Waals surface area contributed by atoms with Gasteiger partial charge in [-0.3, -0.25) is 4.79 Å². The van der Waals surface area contributed by atoms with E-state index < -0.39 is 0 Å². The van der Waals surface area contributed by atoms with E-state index in [4.69, 9.17) is 19.4 Å². The first-order chi connectivity index (χ1) is 20.6. The van der Waals surface area contributed by atoms with Crippen LogP contribution in [0.5, 0.6) is 5.75 Å². The van der Waals surface area contributed by atoms with Crippen LogP contribution in [0.15, 0.2) is 72.8 Å². The molecule has 2 unspecified atom stereocenters. The second-order valence-corrected chi connectivity index (χ2v) is 11.2. The molecule has 2 saturated heterocycles. The summed E-state index contributed by atoms with van der Waals surface area (Å²) in [6, 6.07) is 26.0. The second kappa shape index (κ2) is 16.3. The van der Waals surface area contributed by atoms with Crippen LogP contribution in [-0.2, 0) is 20.7 Å². The van der Waals surface area contributed by atoms with Crippen LogP contribution in [0, 0.1) is 5.92 Å². The van der Waals surface area contributed by atoms with Crippen molar-refractivity contribution in [2.45, 2.75) is 56.7 Å². The van der Waals surface area contributed by atoms with Gasteiger partial charge < -0.3 is 29.9 Å². The average molecular weight is 575 g/mol. The Kier molecular flexibility index (Phi) is 12.2. The lowest BCUT2D eigenvalue weighted by Gasteiger charge is -2.37. The summed E-state index contributed by atoms with van der Waals surface area (Å²) in [7, 11) is 3.46. The number of anilines is 1. The molecule has 226 valence electrons. The van der Waals surface area contributed by atoms with Gasteiger partial charge in [0.2, 0.25) is 0 Å². The van der Waals surface area contributed by atoms with Crippen molar-refractivity contribution in [1.29, 1.82) is 0 Å². The molecule has 3 aromatic carbocycles. The van der Waals surface area contributed by atoms with Gasteiger partial charge in [0.05, 0.1) is 0 Å². The third-order valence-electron chi connectivity index (χ3n) is 8.78. The van der Waals surface area contributed by atoms with Crippen molar-refractivity contribution >= 4 is 12.2 Å². The molecular formula is C35H46N2O5. The zero-order valence-electron chi connectivity index (χ0n) is 25.0. The Morgan fingerprint density at radius 3 is 2.10 bits per heavy atom. The maximum absolute atomic E-state index is 10.1. The summed E-state index contributed by atoms with van der Waals surface area (Å²) in [5.74, 6) is 1.53. The number of benzene rings is 3. The van der Waals surface area contributed by atoms with Gasteiger partial charge in [-0.05, 0) is 104 Å². The molecule has 3 aliphatic rings. The number of rotatable bonds is 6. The van der Waals surface area contributed by atoms with Gasteiger partial charge in [-0.2, -0.15) is 0 Å². The molecule has 6 rings (SSSR count). The van der Waals surface area contributed by atoms with Crippen LogP contribution in [0.1, 0.15) is 66.2 Å². The Bertz CT molecular complexity index is 1200. The van der Waals surface area contributed by atoms with Crippen molar-refractivity contribution in [2.75, 3.05) is 45.3 Å². The SMILES string of the molecule is C1CCNC1.COC(OC)C1CCN(c2ccc(C3c4ccc(O)cc4CCC3c3ccccc3)cc2)CC1.O=CO. The summed E-state index contributed by atoms with van der Waals surface area (Å²) in [6.07, 6.45) is 6.90. The van der Waals surface area contributed by atoms with Gasteiger partial charge >= 0.3 is 0 Å². The van der Waals surface area contributed by atoms with Crippen molar-refractivity contribution < 1.29 is 24.5 Å². The number of ether oxygens (including phenoxy) is 2. The molecule has 42 heavy (non-hydrogen) atoms. The molecule has 2 fully saturated rings. The van der Waals surface area contributed by atoms with Gasteiger partial charge in [-0.25, -0.2) is 0 Å². The first-order valence-corrected chi connectivity index (χ1v) is 15.1.